The van der Waals surface area contributed by atoms with Gasteiger partial charge in [-0.15, -0.1) is 0 Å². The number of carbonyl (C=O) groups excluding carboxylic acids is 1. The Balaban J connectivity index is 1.97. The Morgan fingerprint density at radius 3 is 2.56 bits per heavy atom. The summed E-state index contributed by atoms with van der Waals surface area (Å²) in [5.41, 5.74) is 0.777. The van der Waals surface area contributed by atoms with Gasteiger partial charge < -0.3 is 4.90 Å². The molecule has 1 aliphatic rings. The molecule has 1 aliphatic carbocycles. The smallest absolute Gasteiger partial charge is 0.253 e. The third kappa shape index (κ3) is 2.15. The second kappa shape index (κ2) is 4.39. The quantitative estimate of drug-likeness (QED) is 0.825. The summed E-state index contributed by atoms with van der Waals surface area (Å²) in [6.07, 6.45) is 2.28. The third-order valence-electron chi connectivity index (χ3n) is 3.46. The summed E-state index contributed by atoms with van der Waals surface area (Å²) in [6, 6.07) is 12.5. The highest BCUT2D eigenvalue weighted by atomic mass is 79.9. The first-order valence-corrected chi connectivity index (χ1v) is 6.91. The molecular formula is C15H14BrNO. The van der Waals surface area contributed by atoms with E-state index in [1.54, 1.807) is 0 Å². The Hall–Kier alpha value is -1.35. The van der Waals surface area contributed by atoms with Gasteiger partial charge in [0.05, 0.1) is 0 Å². The number of carbonyl (C=O) groups is 1. The van der Waals surface area contributed by atoms with E-state index >= 15 is 0 Å². The molecule has 0 saturated heterocycles. The molecule has 0 atom stereocenters. The highest BCUT2D eigenvalue weighted by molar-refractivity contribution is 9.10. The van der Waals surface area contributed by atoms with Crippen molar-refractivity contribution in [2.45, 2.75) is 18.9 Å². The molecule has 0 aliphatic heterocycles. The van der Waals surface area contributed by atoms with Crippen LogP contribution in [0.25, 0.3) is 10.8 Å². The fourth-order valence-corrected chi connectivity index (χ4v) is 2.56. The third-order valence-corrected chi connectivity index (χ3v) is 3.96. The molecule has 0 heterocycles. The highest BCUT2D eigenvalue weighted by Crippen LogP contribution is 2.27. The molecule has 92 valence electrons. The van der Waals surface area contributed by atoms with Crippen LogP contribution < -0.4 is 0 Å². The maximum atomic E-state index is 12.3. The van der Waals surface area contributed by atoms with Crippen LogP contribution in [0.15, 0.2) is 40.9 Å². The predicted octanol–water partition coefficient (Wildman–Crippen LogP) is 3.84. The molecule has 1 amide bonds. The van der Waals surface area contributed by atoms with Crippen LogP contribution in [-0.2, 0) is 0 Å². The number of amides is 1. The number of hydrogen-bond donors (Lipinski definition) is 0. The van der Waals surface area contributed by atoms with Crippen molar-refractivity contribution in [2.24, 2.45) is 0 Å². The van der Waals surface area contributed by atoms with E-state index in [4.69, 9.17) is 0 Å². The van der Waals surface area contributed by atoms with Gasteiger partial charge in [-0.1, -0.05) is 28.1 Å². The van der Waals surface area contributed by atoms with E-state index < -0.39 is 0 Å². The molecule has 0 radical (unpaired) electrons. The number of fused-ring (bicyclic) bond motifs is 1. The van der Waals surface area contributed by atoms with Gasteiger partial charge in [0.2, 0.25) is 0 Å². The van der Waals surface area contributed by atoms with Crippen LogP contribution in [-0.4, -0.2) is 23.9 Å². The zero-order valence-corrected chi connectivity index (χ0v) is 11.8. The summed E-state index contributed by atoms with van der Waals surface area (Å²) in [4.78, 5) is 14.1. The fraction of sp³-hybridized carbons (Fsp3) is 0.267. The van der Waals surface area contributed by atoms with Crippen LogP contribution in [0.5, 0.6) is 0 Å². The van der Waals surface area contributed by atoms with Gasteiger partial charge in [-0.05, 0) is 47.9 Å². The zero-order valence-electron chi connectivity index (χ0n) is 10.2. The largest absolute Gasteiger partial charge is 0.339 e. The van der Waals surface area contributed by atoms with Crippen LogP contribution in [0.1, 0.15) is 23.2 Å². The number of nitrogens with zero attached hydrogens (tertiary/aromatic N) is 1. The summed E-state index contributed by atoms with van der Waals surface area (Å²) < 4.78 is 1.06. The van der Waals surface area contributed by atoms with Crippen LogP contribution in [0.4, 0.5) is 0 Å². The molecule has 1 fully saturated rings. The molecule has 2 nitrogen and oxygen atoms in total. The van der Waals surface area contributed by atoms with E-state index in [2.05, 4.69) is 22.0 Å². The summed E-state index contributed by atoms with van der Waals surface area (Å²) in [5.74, 6) is 0.127. The Labute approximate surface area is 115 Å². The monoisotopic (exact) mass is 303 g/mol. The van der Waals surface area contributed by atoms with E-state index in [1.165, 1.54) is 0 Å². The van der Waals surface area contributed by atoms with E-state index in [0.717, 1.165) is 33.7 Å². The van der Waals surface area contributed by atoms with Crippen molar-refractivity contribution in [2.75, 3.05) is 7.05 Å². The first-order chi connectivity index (χ1) is 8.65. The Morgan fingerprint density at radius 1 is 1.17 bits per heavy atom. The molecular weight excluding hydrogens is 290 g/mol. The summed E-state index contributed by atoms with van der Waals surface area (Å²) >= 11 is 3.46. The highest BCUT2D eigenvalue weighted by Gasteiger charge is 2.29. The van der Waals surface area contributed by atoms with Gasteiger partial charge >= 0.3 is 0 Å². The minimum Gasteiger partial charge on any atom is -0.339 e. The minimum absolute atomic E-state index is 0.127. The van der Waals surface area contributed by atoms with Crippen molar-refractivity contribution in [3.63, 3.8) is 0 Å². The lowest BCUT2D eigenvalue weighted by Gasteiger charge is -2.16. The van der Waals surface area contributed by atoms with E-state index in [1.807, 2.05) is 42.3 Å². The first kappa shape index (κ1) is 11.7. The van der Waals surface area contributed by atoms with Crippen molar-refractivity contribution < 1.29 is 4.79 Å². The second-order valence-electron chi connectivity index (χ2n) is 4.85. The lowest BCUT2D eigenvalue weighted by Crippen LogP contribution is -2.28. The van der Waals surface area contributed by atoms with E-state index in [-0.39, 0.29) is 5.91 Å². The zero-order chi connectivity index (χ0) is 12.7. The minimum atomic E-state index is 0.127. The number of benzene rings is 2. The molecule has 1 saturated carbocycles. The molecule has 0 spiro atoms. The van der Waals surface area contributed by atoms with Gasteiger partial charge in [0, 0.05) is 23.1 Å². The molecule has 2 aromatic carbocycles. The Kier molecular flexibility index (Phi) is 2.86. The summed E-state index contributed by atoms with van der Waals surface area (Å²) in [5, 5.41) is 2.25. The molecule has 0 unspecified atom stereocenters. The fourth-order valence-electron chi connectivity index (χ4n) is 2.18. The van der Waals surface area contributed by atoms with Gasteiger partial charge in [-0.3, -0.25) is 4.79 Å². The predicted molar refractivity (Wildman–Crippen MR) is 76.8 cm³/mol. The number of halogens is 1. The molecule has 2 aromatic rings. The normalized spacial score (nSPS) is 14.8. The van der Waals surface area contributed by atoms with Crippen molar-refractivity contribution >= 4 is 32.6 Å². The van der Waals surface area contributed by atoms with Crippen LogP contribution in [0.3, 0.4) is 0 Å². The van der Waals surface area contributed by atoms with Crippen molar-refractivity contribution in [1.29, 1.82) is 0 Å². The van der Waals surface area contributed by atoms with Crippen LogP contribution in [0.2, 0.25) is 0 Å². The lowest BCUT2D eigenvalue weighted by atomic mass is 10.1. The lowest BCUT2D eigenvalue weighted by molar-refractivity contribution is 0.0785. The van der Waals surface area contributed by atoms with Crippen molar-refractivity contribution in [3.05, 3.63) is 46.4 Å². The van der Waals surface area contributed by atoms with Crippen molar-refractivity contribution in [1.82, 2.24) is 4.90 Å². The maximum Gasteiger partial charge on any atom is 0.253 e. The summed E-state index contributed by atoms with van der Waals surface area (Å²) in [7, 11) is 1.89. The Morgan fingerprint density at radius 2 is 1.83 bits per heavy atom. The van der Waals surface area contributed by atoms with Crippen LogP contribution >= 0.6 is 15.9 Å². The molecule has 3 rings (SSSR count). The second-order valence-corrected chi connectivity index (χ2v) is 5.77. The van der Waals surface area contributed by atoms with Gasteiger partial charge in [0.25, 0.3) is 5.91 Å². The maximum absolute atomic E-state index is 12.3. The van der Waals surface area contributed by atoms with Gasteiger partial charge in [0.15, 0.2) is 0 Å². The van der Waals surface area contributed by atoms with Gasteiger partial charge in [0.1, 0.15) is 0 Å². The molecule has 0 N–H and O–H groups in total. The molecule has 0 aromatic heterocycles. The average Bonchev–Trinajstić information content (AvgIpc) is 3.20. The van der Waals surface area contributed by atoms with Crippen molar-refractivity contribution in [3.8, 4) is 0 Å². The Bertz CT molecular complexity index is 619. The van der Waals surface area contributed by atoms with Crippen LogP contribution in [0, 0.1) is 0 Å². The van der Waals surface area contributed by atoms with E-state index in [9.17, 15) is 4.79 Å². The SMILES string of the molecule is CN(C(=O)c1ccc2cc(Br)ccc2c1)C1CC1. The average molecular weight is 304 g/mol. The molecule has 0 bridgehead atoms. The van der Waals surface area contributed by atoms with Gasteiger partial charge in [-0.2, -0.15) is 0 Å². The van der Waals surface area contributed by atoms with E-state index in [0.29, 0.717) is 6.04 Å². The first-order valence-electron chi connectivity index (χ1n) is 6.11. The molecule has 18 heavy (non-hydrogen) atoms. The number of rotatable bonds is 2. The topological polar surface area (TPSA) is 20.3 Å². The molecule has 3 heteroatoms. The standard InChI is InChI=1S/C15H14BrNO/c1-17(14-6-7-14)15(18)12-3-2-11-9-13(16)5-4-10(11)8-12/h2-5,8-9,14H,6-7H2,1H3. The van der Waals surface area contributed by atoms with Gasteiger partial charge in [-0.25, -0.2) is 0 Å². The summed E-state index contributed by atoms with van der Waals surface area (Å²) in [6.45, 7) is 0. The number of hydrogen-bond acceptors (Lipinski definition) is 1.